The maximum atomic E-state index is 12.7. The van der Waals surface area contributed by atoms with E-state index in [-0.39, 0.29) is 11.8 Å². The lowest BCUT2D eigenvalue weighted by Crippen LogP contribution is -2.56. The van der Waals surface area contributed by atoms with E-state index in [1.165, 1.54) is 0 Å². The highest BCUT2D eigenvalue weighted by Crippen LogP contribution is 2.17. The molecule has 8 heteroatoms. The summed E-state index contributed by atoms with van der Waals surface area (Å²) >= 11 is 0. The second-order valence-corrected chi connectivity index (χ2v) is 7.20. The van der Waals surface area contributed by atoms with Crippen molar-refractivity contribution < 1.29 is 19.5 Å². The molecule has 1 aromatic carbocycles. The monoisotopic (exact) mass is 386 g/mol. The van der Waals surface area contributed by atoms with Gasteiger partial charge in [0.15, 0.2) is 0 Å². The van der Waals surface area contributed by atoms with Crippen molar-refractivity contribution in [2.24, 2.45) is 5.92 Å². The number of H-pyrrole nitrogens is 1. The number of rotatable bonds is 5. The van der Waals surface area contributed by atoms with Gasteiger partial charge in [-0.05, 0) is 18.1 Å². The van der Waals surface area contributed by atoms with Crippen LogP contribution in [0.5, 0.6) is 0 Å². The normalized spacial score (nSPS) is 16.6. The topological polar surface area (TPSA) is 106 Å². The Morgan fingerprint density at radius 3 is 2.39 bits per heavy atom. The van der Waals surface area contributed by atoms with Crippen molar-refractivity contribution >= 4 is 28.8 Å². The predicted molar refractivity (Wildman–Crippen MR) is 105 cm³/mol. The number of aromatic nitrogens is 1. The second-order valence-electron chi connectivity index (χ2n) is 7.20. The van der Waals surface area contributed by atoms with Gasteiger partial charge in [0.1, 0.15) is 11.7 Å². The summed E-state index contributed by atoms with van der Waals surface area (Å²) in [7, 11) is 0. The van der Waals surface area contributed by atoms with E-state index in [2.05, 4.69) is 10.3 Å². The zero-order valence-electron chi connectivity index (χ0n) is 16.1. The molecule has 0 bridgehead atoms. The Labute approximate surface area is 163 Å². The molecule has 1 aliphatic rings. The maximum absolute atomic E-state index is 12.7. The first-order chi connectivity index (χ1) is 13.4. The predicted octanol–water partition coefficient (Wildman–Crippen LogP) is 2.13. The second kappa shape index (κ2) is 8.33. The number of urea groups is 1. The number of carbonyl (C=O) groups excluding carboxylic acids is 2. The summed E-state index contributed by atoms with van der Waals surface area (Å²) < 4.78 is 0. The molecule has 3 rings (SSSR count). The van der Waals surface area contributed by atoms with Crippen molar-refractivity contribution in [2.45, 2.75) is 26.3 Å². The molecule has 1 aliphatic heterocycles. The molecule has 1 saturated heterocycles. The maximum Gasteiger partial charge on any atom is 0.326 e. The van der Waals surface area contributed by atoms with Crippen molar-refractivity contribution in [3.63, 3.8) is 0 Å². The van der Waals surface area contributed by atoms with Gasteiger partial charge in [0.25, 0.3) is 5.91 Å². The third-order valence-electron chi connectivity index (χ3n) is 5.37. The molecule has 0 spiro atoms. The van der Waals surface area contributed by atoms with E-state index in [1.54, 1.807) is 16.7 Å². The lowest BCUT2D eigenvalue weighted by Gasteiger charge is -2.35. The number of carboxylic acid groups (broad SMARTS) is 1. The van der Waals surface area contributed by atoms with Crippen LogP contribution in [-0.4, -0.2) is 70.0 Å². The molecular formula is C20H26N4O4. The van der Waals surface area contributed by atoms with Gasteiger partial charge in [0.05, 0.1) is 0 Å². The molecule has 0 radical (unpaired) electrons. The number of para-hydroxylation sites is 1. The Kier molecular flexibility index (Phi) is 5.87. The van der Waals surface area contributed by atoms with Crippen LogP contribution >= 0.6 is 0 Å². The van der Waals surface area contributed by atoms with Gasteiger partial charge >= 0.3 is 12.0 Å². The van der Waals surface area contributed by atoms with E-state index in [1.807, 2.05) is 37.3 Å². The van der Waals surface area contributed by atoms with E-state index < -0.39 is 18.0 Å². The number of nitrogens with one attached hydrogen (secondary N) is 2. The minimum Gasteiger partial charge on any atom is -0.480 e. The quantitative estimate of drug-likeness (QED) is 0.732. The summed E-state index contributed by atoms with van der Waals surface area (Å²) in [6, 6.07) is 8.22. The number of nitrogens with zero attached hydrogens (tertiary/aromatic N) is 2. The molecule has 0 saturated carbocycles. The van der Waals surface area contributed by atoms with Crippen LogP contribution in [-0.2, 0) is 4.79 Å². The van der Waals surface area contributed by atoms with E-state index in [9.17, 15) is 19.5 Å². The highest BCUT2D eigenvalue weighted by atomic mass is 16.4. The molecule has 3 amide bonds. The minimum atomic E-state index is -1.03. The number of aromatic amines is 1. The van der Waals surface area contributed by atoms with Crippen molar-refractivity contribution in [1.82, 2.24) is 20.1 Å². The Morgan fingerprint density at radius 1 is 1.14 bits per heavy atom. The molecule has 2 heterocycles. The number of hydrogen-bond acceptors (Lipinski definition) is 3. The number of carboxylic acids is 1. The lowest BCUT2D eigenvalue weighted by atomic mass is 9.99. The third-order valence-corrected chi connectivity index (χ3v) is 5.37. The Hall–Kier alpha value is -3.03. The molecule has 2 atom stereocenters. The van der Waals surface area contributed by atoms with Gasteiger partial charge in [-0.1, -0.05) is 38.5 Å². The Morgan fingerprint density at radius 2 is 1.79 bits per heavy atom. The minimum absolute atomic E-state index is 0.0979. The van der Waals surface area contributed by atoms with Gasteiger partial charge < -0.3 is 25.2 Å². The molecule has 3 N–H and O–H groups in total. The fourth-order valence-electron chi connectivity index (χ4n) is 3.38. The molecule has 28 heavy (non-hydrogen) atoms. The fourth-order valence-corrected chi connectivity index (χ4v) is 3.38. The summed E-state index contributed by atoms with van der Waals surface area (Å²) in [5.41, 5.74) is 1.44. The average molecular weight is 386 g/mol. The smallest absolute Gasteiger partial charge is 0.326 e. The molecule has 8 nitrogen and oxygen atoms in total. The summed E-state index contributed by atoms with van der Waals surface area (Å²) in [5.74, 6) is -1.29. The van der Waals surface area contributed by atoms with Crippen molar-refractivity contribution in [3.8, 4) is 0 Å². The molecule has 1 aromatic heterocycles. The van der Waals surface area contributed by atoms with Gasteiger partial charge in [-0.25, -0.2) is 9.59 Å². The number of benzene rings is 1. The Balaban J connectivity index is 1.58. The molecule has 1 fully saturated rings. The number of aliphatic carboxylic acids is 1. The van der Waals surface area contributed by atoms with E-state index in [4.69, 9.17) is 0 Å². The number of fused-ring (bicyclic) bond motifs is 1. The van der Waals surface area contributed by atoms with Gasteiger partial charge in [0.2, 0.25) is 0 Å². The van der Waals surface area contributed by atoms with Crippen LogP contribution < -0.4 is 5.32 Å². The summed E-state index contributed by atoms with van der Waals surface area (Å²) in [5, 5.41) is 12.9. The largest absolute Gasteiger partial charge is 0.480 e. The standard InChI is InChI=1S/C20H26N4O4/c1-3-13(2)17(19(26)27)22-20(28)24-10-8-23(9-11-24)18(25)16-12-14-6-4-5-7-15(14)21-16/h4-7,12-13,17,21H,3,8-11H2,1-2H3,(H,22,28)(H,26,27)/t13-,17+/m1/s1. The first-order valence-corrected chi connectivity index (χ1v) is 9.56. The number of amides is 3. The first-order valence-electron chi connectivity index (χ1n) is 9.56. The summed E-state index contributed by atoms with van der Waals surface area (Å²) in [6.07, 6.45) is 0.657. The zero-order valence-corrected chi connectivity index (χ0v) is 16.1. The number of piperazine rings is 1. The zero-order chi connectivity index (χ0) is 20.3. The molecule has 0 unspecified atom stereocenters. The fraction of sp³-hybridized carbons (Fsp3) is 0.450. The van der Waals surface area contributed by atoms with Crippen molar-refractivity contribution in [3.05, 3.63) is 36.0 Å². The molecular weight excluding hydrogens is 360 g/mol. The van der Waals surface area contributed by atoms with Gasteiger partial charge in [-0.15, -0.1) is 0 Å². The highest BCUT2D eigenvalue weighted by molar-refractivity contribution is 5.98. The summed E-state index contributed by atoms with van der Waals surface area (Å²) in [4.78, 5) is 43.0. The molecule has 150 valence electrons. The van der Waals surface area contributed by atoms with Crippen LogP contribution in [0.2, 0.25) is 0 Å². The average Bonchev–Trinajstić information content (AvgIpc) is 3.14. The number of hydrogen-bond donors (Lipinski definition) is 3. The summed E-state index contributed by atoms with van der Waals surface area (Å²) in [6.45, 7) is 5.23. The van der Waals surface area contributed by atoms with Crippen LogP contribution in [0, 0.1) is 5.92 Å². The van der Waals surface area contributed by atoms with Crippen molar-refractivity contribution in [1.29, 1.82) is 0 Å². The van der Waals surface area contributed by atoms with Crippen LogP contribution in [0.4, 0.5) is 4.79 Å². The number of carbonyl (C=O) groups is 3. The lowest BCUT2D eigenvalue weighted by molar-refractivity contribution is -0.140. The molecule has 2 aromatic rings. The van der Waals surface area contributed by atoms with Gasteiger partial charge in [-0.3, -0.25) is 4.79 Å². The molecule has 0 aliphatic carbocycles. The van der Waals surface area contributed by atoms with Crippen LogP contribution in [0.3, 0.4) is 0 Å². The van der Waals surface area contributed by atoms with Gasteiger partial charge in [-0.2, -0.15) is 0 Å². The van der Waals surface area contributed by atoms with E-state index in [0.717, 1.165) is 10.9 Å². The van der Waals surface area contributed by atoms with Crippen LogP contribution in [0.1, 0.15) is 30.8 Å². The Bertz CT molecular complexity index is 837. The van der Waals surface area contributed by atoms with E-state index >= 15 is 0 Å². The SMILES string of the molecule is CC[C@@H](C)[C@H](NC(=O)N1CCN(C(=O)c2cc3ccccc3[nH]2)CC1)C(=O)O. The first kappa shape index (κ1) is 19.7. The highest BCUT2D eigenvalue weighted by Gasteiger charge is 2.30. The van der Waals surface area contributed by atoms with E-state index in [0.29, 0.717) is 38.3 Å². The van der Waals surface area contributed by atoms with Crippen molar-refractivity contribution in [2.75, 3.05) is 26.2 Å². The van der Waals surface area contributed by atoms with Crippen LogP contribution in [0.25, 0.3) is 10.9 Å². The third kappa shape index (κ3) is 4.11. The van der Waals surface area contributed by atoms with Crippen LogP contribution in [0.15, 0.2) is 30.3 Å². The van der Waals surface area contributed by atoms with Gasteiger partial charge in [0, 0.05) is 37.1 Å².